The van der Waals surface area contributed by atoms with Crippen LogP contribution < -0.4 is 0 Å². The van der Waals surface area contributed by atoms with Gasteiger partial charge in [0.15, 0.2) is 0 Å². The van der Waals surface area contributed by atoms with Crippen molar-refractivity contribution >= 4 is 16.0 Å². The van der Waals surface area contributed by atoms with E-state index in [0.717, 1.165) is 29.5 Å². The lowest BCUT2D eigenvalue weighted by Crippen LogP contribution is -2.31. The molecule has 144 valence electrons. The lowest BCUT2D eigenvalue weighted by atomic mass is 10.0. The van der Waals surface area contributed by atoms with E-state index in [2.05, 4.69) is 0 Å². The summed E-state index contributed by atoms with van der Waals surface area (Å²) in [5, 5.41) is 0. The number of aryl methyl sites for hydroxylation is 1. The van der Waals surface area contributed by atoms with Crippen LogP contribution in [0.3, 0.4) is 0 Å². The van der Waals surface area contributed by atoms with E-state index < -0.39 is 16.1 Å². The molecule has 0 bridgehead atoms. The minimum atomic E-state index is -3.72. The molecule has 2 aromatic carbocycles. The van der Waals surface area contributed by atoms with Gasteiger partial charge in [0.25, 0.3) is 0 Å². The normalized spacial score (nSPS) is 16.9. The van der Waals surface area contributed by atoms with Crippen molar-refractivity contribution in [1.82, 2.24) is 4.31 Å². The largest absolute Gasteiger partial charge is 0.466 e. The molecule has 0 spiro atoms. The Labute approximate surface area is 161 Å². The number of nitrogens with zero attached hydrogens (tertiary/aromatic N) is 1. The van der Waals surface area contributed by atoms with Gasteiger partial charge in [-0.15, -0.1) is 0 Å². The topological polar surface area (TPSA) is 63.7 Å². The smallest absolute Gasteiger partial charge is 0.307 e. The first-order valence-corrected chi connectivity index (χ1v) is 10.7. The maximum absolute atomic E-state index is 13.2. The van der Waals surface area contributed by atoms with Crippen molar-refractivity contribution < 1.29 is 17.9 Å². The molecule has 0 saturated carbocycles. The molecule has 1 heterocycles. The van der Waals surface area contributed by atoms with Crippen molar-refractivity contribution in [2.45, 2.75) is 50.6 Å². The number of hydrogen-bond acceptors (Lipinski definition) is 4. The van der Waals surface area contributed by atoms with E-state index >= 15 is 0 Å². The number of esters is 1. The van der Waals surface area contributed by atoms with Gasteiger partial charge in [0.2, 0.25) is 10.0 Å². The molecule has 0 N–H and O–H groups in total. The molecule has 0 amide bonds. The van der Waals surface area contributed by atoms with Crippen molar-refractivity contribution in [2.75, 3.05) is 6.61 Å². The van der Waals surface area contributed by atoms with Crippen LogP contribution in [0, 0.1) is 6.92 Å². The summed E-state index contributed by atoms with van der Waals surface area (Å²) < 4.78 is 33.2. The standard InChI is InChI=1S/C21H25NO4S/c1-3-4-13-26-21(23)14-20-19-8-6-5-7-17(19)15-22(20)27(24,25)18-11-9-16(2)10-12-18/h5-12,20H,3-4,13-15H2,1-2H3. The molecule has 0 aromatic heterocycles. The minimum absolute atomic E-state index is 0.0197. The van der Waals surface area contributed by atoms with Gasteiger partial charge in [-0.1, -0.05) is 55.3 Å². The van der Waals surface area contributed by atoms with Gasteiger partial charge in [-0.25, -0.2) is 8.42 Å². The van der Waals surface area contributed by atoms with Gasteiger partial charge in [0.05, 0.1) is 24.0 Å². The quantitative estimate of drug-likeness (QED) is 0.533. The minimum Gasteiger partial charge on any atom is -0.466 e. The first kappa shape index (κ1) is 19.6. The fourth-order valence-corrected chi connectivity index (χ4v) is 4.88. The molecule has 5 nitrogen and oxygen atoms in total. The van der Waals surface area contributed by atoms with E-state index in [4.69, 9.17) is 4.74 Å². The van der Waals surface area contributed by atoms with Crippen LogP contribution >= 0.6 is 0 Å². The predicted molar refractivity (Wildman–Crippen MR) is 104 cm³/mol. The zero-order chi connectivity index (χ0) is 19.4. The number of fused-ring (bicyclic) bond motifs is 1. The molecular formula is C21H25NO4S. The van der Waals surface area contributed by atoms with Crippen LogP contribution in [-0.4, -0.2) is 25.3 Å². The third-order valence-electron chi connectivity index (χ3n) is 4.84. The number of sulfonamides is 1. The van der Waals surface area contributed by atoms with Gasteiger partial charge in [-0.2, -0.15) is 4.31 Å². The van der Waals surface area contributed by atoms with Crippen LogP contribution in [0.2, 0.25) is 0 Å². The Kier molecular flexibility index (Phi) is 5.97. The summed E-state index contributed by atoms with van der Waals surface area (Å²) in [5.41, 5.74) is 2.80. The lowest BCUT2D eigenvalue weighted by Gasteiger charge is -2.24. The highest BCUT2D eigenvalue weighted by Crippen LogP contribution is 2.40. The van der Waals surface area contributed by atoms with Crippen LogP contribution in [-0.2, 0) is 26.1 Å². The number of unbranched alkanes of at least 4 members (excludes halogenated alkanes) is 1. The number of benzene rings is 2. The Balaban J connectivity index is 1.89. The number of carbonyl (C=O) groups is 1. The zero-order valence-corrected chi connectivity index (χ0v) is 16.5. The number of hydrogen-bond donors (Lipinski definition) is 0. The maximum Gasteiger partial charge on any atom is 0.307 e. The van der Waals surface area contributed by atoms with Gasteiger partial charge in [0, 0.05) is 6.54 Å². The average Bonchev–Trinajstić information content (AvgIpc) is 3.02. The summed E-state index contributed by atoms with van der Waals surface area (Å²) in [6.07, 6.45) is 1.76. The van der Waals surface area contributed by atoms with E-state index in [1.165, 1.54) is 4.31 Å². The molecule has 1 aliphatic rings. The molecule has 0 radical (unpaired) electrons. The number of carbonyl (C=O) groups excluding carboxylic acids is 1. The highest BCUT2D eigenvalue weighted by Gasteiger charge is 2.40. The summed E-state index contributed by atoms with van der Waals surface area (Å²) in [7, 11) is -3.72. The highest BCUT2D eigenvalue weighted by atomic mass is 32.2. The van der Waals surface area contributed by atoms with Crippen molar-refractivity contribution in [3.8, 4) is 0 Å². The van der Waals surface area contributed by atoms with Gasteiger partial charge in [-0.3, -0.25) is 4.79 Å². The van der Waals surface area contributed by atoms with Gasteiger partial charge < -0.3 is 4.74 Å². The van der Waals surface area contributed by atoms with E-state index in [0.29, 0.717) is 6.61 Å². The molecular weight excluding hydrogens is 362 g/mol. The van der Waals surface area contributed by atoms with Crippen molar-refractivity contribution in [3.05, 3.63) is 65.2 Å². The zero-order valence-electron chi connectivity index (χ0n) is 15.7. The Morgan fingerprint density at radius 1 is 1.15 bits per heavy atom. The maximum atomic E-state index is 13.2. The van der Waals surface area contributed by atoms with Crippen LogP contribution in [0.25, 0.3) is 0 Å². The van der Waals surface area contributed by atoms with Crippen molar-refractivity contribution in [1.29, 1.82) is 0 Å². The first-order valence-electron chi connectivity index (χ1n) is 9.25. The van der Waals surface area contributed by atoms with Crippen LogP contribution in [0.1, 0.15) is 48.9 Å². The Morgan fingerprint density at radius 3 is 2.56 bits per heavy atom. The summed E-state index contributed by atoms with van der Waals surface area (Å²) >= 11 is 0. The number of rotatable bonds is 7. The average molecular weight is 388 g/mol. The molecule has 3 rings (SSSR count). The van der Waals surface area contributed by atoms with E-state index in [-0.39, 0.29) is 23.8 Å². The molecule has 27 heavy (non-hydrogen) atoms. The van der Waals surface area contributed by atoms with Crippen LogP contribution in [0.15, 0.2) is 53.4 Å². The fourth-order valence-electron chi connectivity index (χ4n) is 3.29. The highest BCUT2D eigenvalue weighted by molar-refractivity contribution is 7.89. The predicted octanol–water partition coefficient (Wildman–Crippen LogP) is 3.97. The van der Waals surface area contributed by atoms with Crippen molar-refractivity contribution in [2.24, 2.45) is 0 Å². The second-order valence-electron chi connectivity index (χ2n) is 6.86. The molecule has 0 fully saturated rings. The third kappa shape index (κ3) is 4.22. The second-order valence-corrected chi connectivity index (χ2v) is 8.75. The van der Waals surface area contributed by atoms with Gasteiger partial charge in [-0.05, 0) is 36.6 Å². The molecule has 1 unspecified atom stereocenters. The van der Waals surface area contributed by atoms with Gasteiger partial charge >= 0.3 is 5.97 Å². The molecule has 0 aliphatic carbocycles. The molecule has 1 aliphatic heterocycles. The summed E-state index contributed by atoms with van der Waals surface area (Å²) in [5.74, 6) is -0.366. The molecule has 2 aromatic rings. The van der Waals surface area contributed by atoms with Crippen LogP contribution in [0.4, 0.5) is 0 Å². The monoisotopic (exact) mass is 387 g/mol. The SMILES string of the molecule is CCCCOC(=O)CC1c2ccccc2CN1S(=O)(=O)c1ccc(C)cc1. The Hall–Kier alpha value is -2.18. The molecule has 0 saturated heterocycles. The Bertz CT molecular complexity index is 906. The van der Waals surface area contributed by atoms with E-state index in [1.807, 2.05) is 38.1 Å². The van der Waals surface area contributed by atoms with Gasteiger partial charge in [0.1, 0.15) is 0 Å². The summed E-state index contributed by atoms with van der Waals surface area (Å²) in [6, 6.07) is 13.8. The molecule has 6 heteroatoms. The van der Waals surface area contributed by atoms with E-state index in [1.54, 1.807) is 24.3 Å². The van der Waals surface area contributed by atoms with Crippen molar-refractivity contribution in [3.63, 3.8) is 0 Å². The summed E-state index contributed by atoms with van der Waals surface area (Å²) in [4.78, 5) is 12.5. The van der Waals surface area contributed by atoms with Crippen LogP contribution in [0.5, 0.6) is 0 Å². The Morgan fingerprint density at radius 2 is 1.85 bits per heavy atom. The third-order valence-corrected chi connectivity index (χ3v) is 6.71. The summed E-state index contributed by atoms with van der Waals surface area (Å²) in [6.45, 7) is 4.57. The number of ether oxygens (including phenoxy) is 1. The molecule has 1 atom stereocenters. The lowest BCUT2D eigenvalue weighted by molar-refractivity contribution is -0.144. The first-order chi connectivity index (χ1) is 12.9. The fraction of sp³-hybridized carbons (Fsp3) is 0.381. The second kappa shape index (κ2) is 8.23. The van der Waals surface area contributed by atoms with E-state index in [9.17, 15) is 13.2 Å².